The van der Waals surface area contributed by atoms with Gasteiger partial charge in [-0.05, 0) is 37.9 Å². The number of benzene rings is 2. The van der Waals surface area contributed by atoms with Crippen molar-refractivity contribution >= 4 is 16.8 Å². The molecule has 0 saturated heterocycles. The largest absolute Gasteiger partial charge is 0.484 e. The third-order valence-electron chi connectivity index (χ3n) is 4.52. The smallest absolute Gasteiger partial charge is 0.258 e. The van der Waals surface area contributed by atoms with Gasteiger partial charge in [0.2, 0.25) is 0 Å². The Hall–Kier alpha value is -2.79. The third kappa shape index (κ3) is 4.06. The van der Waals surface area contributed by atoms with Gasteiger partial charge >= 0.3 is 0 Å². The van der Waals surface area contributed by atoms with Crippen molar-refractivity contribution in [3.63, 3.8) is 0 Å². The number of rotatable bonds is 7. The van der Waals surface area contributed by atoms with Crippen LogP contribution in [0.2, 0.25) is 0 Å². The van der Waals surface area contributed by atoms with Gasteiger partial charge in [0.1, 0.15) is 5.75 Å². The van der Waals surface area contributed by atoms with E-state index in [1.807, 2.05) is 63.6 Å². The Bertz CT molecular complexity index is 871. The quantitative estimate of drug-likeness (QED) is 0.712. The maximum atomic E-state index is 12.2. The molecule has 3 aromatic rings. The van der Waals surface area contributed by atoms with Crippen LogP contribution < -0.4 is 10.1 Å². The predicted molar refractivity (Wildman–Crippen MR) is 104 cm³/mol. The highest BCUT2D eigenvalue weighted by Crippen LogP contribution is 2.28. The van der Waals surface area contributed by atoms with Gasteiger partial charge in [0.25, 0.3) is 5.91 Å². The average Bonchev–Trinajstić information content (AvgIpc) is 2.98. The van der Waals surface area contributed by atoms with E-state index < -0.39 is 0 Å². The molecule has 3 rings (SSSR count). The van der Waals surface area contributed by atoms with E-state index in [0.29, 0.717) is 12.3 Å². The van der Waals surface area contributed by atoms with E-state index in [2.05, 4.69) is 33.1 Å². The minimum absolute atomic E-state index is 0.0136. The van der Waals surface area contributed by atoms with Crippen molar-refractivity contribution in [2.75, 3.05) is 27.2 Å². The summed E-state index contributed by atoms with van der Waals surface area (Å²) in [4.78, 5) is 14.3. The van der Waals surface area contributed by atoms with Crippen LogP contribution in [0.15, 0.2) is 60.8 Å². The Labute approximate surface area is 154 Å². The summed E-state index contributed by atoms with van der Waals surface area (Å²) < 4.78 is 7.64. The third-order valence-corrected chi connectivity index (χ3v) is 4.52. The first-order valence-electron chi connectivity index (χ1n) is 8.71. The Morgan fingerprint density at radius 2 is 1.81 bits per heavy atom. The zero-order chi connectivity index (χ0) is 18.5. The molecule has 5 heteroatoms. The molecule has 1 N–H and O–H groups in total. The number of fused-ring (bicyclic) bond motifs is 1. The molecule has 2 aromatic carbocycles. The Morgan fingerprint density at radius 3 is 2.54 bits per heavy atom. The molecule has 0 bridgehead atoms. The SMILES string of the molecule is CN(C)C(CNC(=O)COc1ccccc1)c1cn(C)c2ccccc12. The van der Waals surface area contributed by atoms with Crippen molar-refractivity contribution < 1.29 is 9.53 Å². The summed E-state index contributed by atoms with van der Waals surface area (Å²) in [6.45, 7) is 0.539. The molecular formula is C21H25N3O2. The molecule has 0 aliphatic rings. The minimum atomic E-state index is -0.124. The van der Waals surface area contributed by atoms with E-state index in [4.69, 9.17) is 4.74 Å². The normalized spacial score (nSPS) is 12.3. The lowest BCUT2D eigenvalue weighted by Crippen LogP contribution is -2.36. The number of aromatic nitrogens is 1. The van der Waals surface area contributed by atoms with Gasteiger partial charge in [-0.2, -0.15) is 0 Å². The number of aryl methyl sites for hydroxylation is 1. The molecule has 0 radical (unpaired) electrons. The maximum Gasteiger partial charge on any atom is 0.258 e. The van der Waals surface area contributed by atoms with Gasteiger partial charge in [-0.3, -0.25) is 4.79 Å². The molecule has 1 aromatic heterocycles. The van der Waals surface area contributed by atoms with Crippen LogP contribution in [0.25, 0.3) is 10.9 Å². The second-order valence-corrected chi connectivity index (χ2v) is 6.60. The maximum absolute atomic E-state index is 12.2. The van der Waals surface area contributed by atoms with Gasteiger partial charge in [0.15, 0.2) is 6.61 Å². The number of ether oxygens (including phenoxy) is 1. The van der Waals surface area contributed by atoms with Crippen LogP contribution in [0.3, 0.4) is 0 Å². The first-order chi connectivity index (χ1) is 12.6. The van der Waals surface area contributed by atoms with Gasteiger partial charge in [-0.15, -0.1) is 0 Å². The molecule has 1 atom stereocenters. The minimum Gasteiger partial charge on any atom is -0.484 e. The van der Waals surface area contributed by atoms with Gasteiger partial charge < -0.3 is 19.5 Å². The number of hydrogen-bond acceptors (Lipinski definition) is 3. The molecule has 1 amide bonds. The van der Waals surface area contributed by atoms with Crippen LogP contribution >= 0.6 is 0 Å². The molecule has 0 fully saturated rings. The number of likely N-dealkylation sites (N-methyl/N-ethyl adjacent to an activating group) is 1. The number of hydrogen-bond donors (Lipinski definition) is 1. The van der Waals surface area contributed by atoms with Crippen LogP contribution in [0, 0.1) is 0 Å². The molecule has 0 saturated carbocycles. The second kappa shape index (κ2) is 8.06. The fourth-order valence-electron chi connectivity index (χ4n) is 3.14. The van der Waals surface area contributed by atoms with Gasteiger partial charge in [-0.25, -0.2) is 0 Å². The summed E-state index contributed by atoms with van der Waals surface area (Å²) >= 11 is 0. The number of para-hydroxylation sites is 2. The molecule has 0 aliphatic carbocycles. The molecular weight excluding hydrogens is 326 g/mol. The summed E-state index contributed by atoms with van der Waals surface area (Å²) in [6.07, 6.45) is 2.14. The fourth-order valence-corrected chi connectivity index (χ4v) is 3.14. The van der Waals surface area contributed by atoms with Crippen molar-refractivity contribution in [3.8, 4) is 5.75 Å². The number of carbonyl (C=O) groups excluding carboxylic acids is 1. The van der Waals surface area contributed by atoms with Crippen LogP contribution in [-0.4, -0.2) is 42.6 Å². The summed E-state index contributed by atoms with van der Waals surface area (Å²) in [5.41, 5.74) is 2.39. The molecule has 0 spiro atoms. The van der Waals surface area contributed by atoms with Crippen LogP contribution in [0.4, 0.5) is 0 Å². The monoisotopic (exact) mass is 351 g/mol. The lowest BCUT2D eigenvalue weighted by Gasteiger charge is -2.24. The standard InChI is InChI=1S/C21H25N3O2/c1-23(2)20(18-14-24(3)19-12-8-7-11-17(18)19)13-22-21(25)15-26-16-9-5-4-6-10-16/h4-12,14,20H,13,15H2,1-3H3,(H,22,25). The molecule has 1 heterocycles. The van der Waals surface area contributed by atoms with Gasteiger partial charge in [-0.1, -0.05) is 36.4 Å². The van der Waals surface area contributed by atoms with E-state index in [1.165, 1.54) is 16.5 Å². The highest BCUT2D eigenvalue weighted by atomic mass is 16.5. The lowest BCUT2D eigenvalue weighted by molar-refractivity contribution is -0.123. The van der Waals surface area contributed by atoms with Crippen LogP contribution in [0.5, 0.6) is 5.75 Å². The zero-order valence-corrected chi connectivity index (χ0v) is 15.5. The van der Waals surface area contributed by atoms with Crippen LogP contribution in [0.1, 0.15) is 11.6 Å². The number of carbonyl (C=O) groups is 1. The topological polar surface area (TPSA) is 46.5 Å². The Morgan fingerprint density at radius 1 is 1.12 bits per heavy atom. The van der Waals surface area contributed by atoms with Crippen molar-refractivity contribution in [2.45, 2.75) is 6.04 Å². The van der Waals surface area contributed by atoms with E-state index in [1.54, 1.807) is 0 Å². The van der Waals surface area contributed by atoms with E-state index in [0.717, 1.165) is 0 Å². The molecule has 136 valence electrons. The number of nitrogens with zero attached hydrogens (tertiary/aromatic N) is 2. The fraction of sp³-hybridized carbons (Fsp3) is 0.286. The van der Waals surface area contributed by atoms with Crippen molar-refractivity contribution in [2.24, 2.45) is 7.05 Å². The average molecular weight is 351 g/mol. The summed E-state index contributed by atoms with van der Waals surface area (Å²) in [5, 5.41) is 4.20. The van der Waals surface area contributed by atoms with Crippen LogP contribution in [-0.2, 0) is 11.8 Å². The van der Waals surface area contributed by atoms with E-state index in [-0.39, 0.29) is 18.6 Å². The van der Waals surface area contributed by atoms with E-state index in [9.17, 15) is 4.79 Å². The molecule has 26 heavy (non-hydrogen) atoms. The van der Waals surface area contributed by atoms with Crippen molar-refractivity contribution in [1.82, 2.24) is 14.8 Å². The molecule has 0 aliphatic heterocycles. The number of amides is 1. The molecule has 1 unspecified atom stereocenters. The predicted octanol–water partition coefficient (Wildman–Crippen LogP) is 2.98. The summed E-state index contributed by atoms with van der Waals surface area (Å²) in [7, 11) is 6.10. The first-order valence-corrected chi connectivity index (χ1v) is 8.71. The number of nitrogens with one attached hydrogen (secondary N) is 1. The van der Waals surface area contributed by atoms with Gasteiger partial charge in [0, 0.05) is 30.7 Å². The van der Waals surface area contributed by atoms with Gasteiger partial charge in [0.05, 0.1) is 6.04 Å². The first kappa shape index (κ1) is 18.0. The second-order valence-electron chi connectivity index (χ2n) is 6.60. The highest BCUT2D eigenvalue weighted by Gasteiger charge is 2.20. The summed E-state index contributed by atoms with van der Waals surface area (Å²) in [5.74, 6) is 0.571. The lowest BCUT2D eigenvalue weighted by atomic mass is 10.0. The van der Waals surface area contributed by atoms with Crippen molar-refractivity contribution in [3.05, 3.63) is 66.4 Å². The van der Waals surface area contributed by atoms with E-state index >= 15 is 0 Å². The zero-order valence-electron chi connectivity index (χ0n) is 15.5. The Kier molecular flexibility index (Phi) is 5.58. The van der Waals surface area contributed by atoms with Crippen molar-refractivity contribution in [1.29, 1.82) is 0 Å². The molecule has 5 nitrogen and oxygen atoms in total. The Balaban J connectivity index is 1.66. The highest BCUT2D eigenvalue weighted by molar-refractivity contribution is 5.84. The summed E-state index contributed by atoms with van der Waals surface area (Å²) in [6, 6.07) is 17.8.